The molecule has 0 atom stereocenters. The fourth-order valence-corrected chi connectivity index (χ4v) is 6.66. The Morgan fingerprint density at radius 2 is 1.82 bits per heavy atom. The molecule has 1 amide bonds. The van der Waals surface area contributed by atoms with Crippen molar-refractivity contribution in [3.63, 3.8) is 0 Å². The lowest BCUT2D eigenvalue weighted by Crippen LogP contribution is -2.40. The van der Waals surface area contributed by atoms with Crippen LogP contribution in [0.15, 0.2) is 53.6 Å². The smallest absolute Gasteiger partial charge is 0.253 e. The molecule has 1 aliphatic heterocycles. The van der Waals surface area contributed by atoms with Crippen molar-refractivity contribution in [1.29, 1.82) is 0 Å². The molecule has 1 aliphatic carbocycles. The Morgan fingerprint density at radius 3 is 2.47 bits per heavy atom. The molecule has 3 aromatic rings. The minimum Gasteiger partial charge on any atom is -0.386 e. The number of anilines is 1. The van der Waals surface area contributed by atoms with Crippen LogP contribution in [0.25, 0.3) is 11.1 Å². The van der Waals surface area contributed by atoms with Gasteiger partial charge in [0, 0.05) is 85.3 Å². The zero-order chi connectivity index (χ0) is 32.1. The molecule has 1 saturated carbocycles. The van der Waals surface area contributed by atoms with E-state index in [1.165, 1.54) is 0 Å². The highest BCUT2D eigenvalue weighted by Crippen LogP contribution is 2.34. The second kappa shape index (κ2) is 14.4. The first-order chi connectivity index (χ1) is 21.6. The zero-order valence-corrected chi connectivity index (χ0v) is 27.5. The third-order valence-electron chi connectivity index (χ3n) is 9.27. The normalized spacial score (nSPS) is 18.8. The first-order valence-corrected chi connectivity index (χ1v) is 16.1. The highest BCUT2D eigenvalue weighted by molar-refractivity contribution is 5.98. The second-order valence-corrected chi connectivity index (χ2v) is 12.8. The topological polar surface area (TPSA) is 103 Å². The van der Waals surface area contributed by atoms with Gasteiger partial charge >= 0.3 is 0 Å². The molecule has 9 heteroatoms. The number of aryl methyl sites for hydroxylation is 2. The zero-order valence-electron chi connectivity index (χ0n) is 27.5. The van der Waals surface area contributed by atoms with Crippen LogP contribution in [0.3, 0.4) is 0 Å². The Labute approximate surface area is 267 Å². The van der Waals surface area contributed by atoms with Gasteiger partial charge in [-0.3, -0.25) is 19.5 Å². The molecular formula is C36H48N6O3. The molecule has 5 rings (SSSR count). The number of nitrogens with one attached hydrogen (secondary N) is 3. The number of H-pyrrole nitrogens is 1. The standard InChI is InChI=1S/C36H48N6O3/c1-23(2)39-29-9-11-31(12-10-29)41(6)34-19-28(27-7-8-30(37-20-27)22-42-13-15-45-16-14-42)18-32(26(34)5)35(43)38-21-33-24(3)17-25(4)40-36(33)44/h7-8,17-20,29,31,39H,1,9-16,21-22H2,2-6H3,(H,38,43)(H,40,44). The molecule has 2 aliphatic rings. The summed E-state index contributed by atoms with van der Waals surface area (Å²) in [5, 5.41) is 6.54. The Kier molecular flexibility index (Phi) is 10.4. The highest BCUT2D eigenvalue weighted by Gasteiger charge is 2.27. The average Bonchev–Trinajstić information content (AvgIpc) is 3.01. The number of aromatic nitrogens is 2. The summed E-state index contributed by atoms with van der Waals surface area (Å²) in [6.07, 6.45) is 6.18. The largest absolute Gasteiger partial charge is 0.386 e. The number of ether oxygens (including phenoxy) is 1. The Morgan fingerprint density at radius 1 is 1.09 bits per heavy atom. The van der Waals surface area contributed by atoms with Gasteiger partial charge in [0.2, 0.25) is 0 Å². The third-order valence-corrected chi connectivity index (χ3v) is 9.27. The number of benzene rings is 1. The summed E-state index contributed by atoms with van der Waals surface area (Å²) in [7, 11) is 2.14. The molecule has 45 heavy (non-hydrogen) atoms. The lowest BCUT2D eigenvalue weighted by atomic mass is 9.89. The van der Waals surface area contributed by atoms with E-state index in [4.69, 9.17) is 9.72 Å². The van der Waals surface area contributed by atoms with Crippen LogP contribution in [-0.4, -0.2) is 66.2 Å². The van der Waals surface area contributed by atoms with Crippen LogP contribution < -0.4 is 21.1 Å². The van der Waals surface area contributed by atoms with Gasteiger partial charge in [0.25, 0.3) is 11.5 Å². The van der Waals surface area contributed by atoms with Crippen molar-refractivity contribution in [1.82, 2.24) is 25.5 Å². The number of hydrogen-bond donors (Lipinski definition) is 3. The molecule has 0 radical (unpaired) electrons. The van der Waals surface area contributed by atoms with Crippen LogP contribution >= 0.6 is 0 Å². The molecular weight excluding hydrogens is 564 g/mol. The molecule has 0 spiro atoms. The van der Waals surface area contributed by atoms with Crippen molar-refractivity contribution >= 4 is 11.6 Å². The van der Waals surface area contributed by atoms with E-state index in [1.807, 2.05) is 46.0 Å². The summed E-state index contributed by atoms with van der Waals surface area (Å²) in [5.74, 6) is -0.199. The van der Waals surface area contributed by atoms with Crippen LogP contribution in [0.5, 0.6) is 0 Å². The van der Waals surface area contributed by atoms with Gasteiger partial charge in [0.15, 0.2) is 0 Å². The fourth-order valence-electron chi connectivity index (χ4n) is 6.66. The van der Waals surface area contributed by atoms with Gasteiger partial charge in [-0.05, 0) is 94.3 Å². The van der Waals surface area contributed by atoms with Gasteiger partial charge in [-0.15, -0.1) is 0 Å². The summed E-state index contributed by atoms with van der Waals surface area (Å²) in [5.41, 5.74) is 8.57. The first-order valence-electron chi connectivity index (χ1n) is 16.1. The maximum absolute atomic E-state index is 13.8. The van der Waals surface area contributed by atoms with E-state index < -0.39 is 0 Å². The number of allylic oxidation sites excluding steroid dienone is 1. The number of pyridine rings is 2. The number of amides is 1. The maximum atomic E-state index is 13.8. The predicted molar refractivity (Wildman–Crippen MR) is 181 cm³/mol. The summed E-state index contributed by atoms with van der Waals surface area (Å²) in [6.45, 7) is 16.1. The van der Waals surface area contributed by atoms with Gasteiger partial charge < -0.3 is 25.3 Å². The van der Waals surface area contributed by atoms with Crippen LogP contribution in [0.4, 0.5) is 5.69 Å². The van der Waals surface area contributed by atoms with Gasteiger partial charge in [-0.25, -0.2) is 0 Å². The third kappa shape index (κ3) is 8.02. The summed E-state index contributed by atoms with van der Waals surface area (Å²) >= 11 is 0. The molecule has 1 saturated heterocycles. The average molecular weight is 613 g/mol. The molecule has 9 nitrogen and oxygen atoms in total. The Balaban J connectivity index is 1.42. The number of carbonyl (C=O) groups is 1. The minimum atomic E-state index is -0.199. The summed E-state index contributed by atoms with van der Waals surface area (Å²) < 4.78 is 5.49. The van der Waals surface area contributed by atoms with E-state index in [0.717, 1.165) is 104 Å². The van der Waals surface area contributed by atoms with E-state index in [9.17, 15) is 9.59 Å². The van der Waals surface area contributed by atoms with Crippen LogP contribution in [-0.2, 0) is 17.8 Å². The van der Waals surface area contributed by atoms with E-state index >= 15 is 0 Å². The molecule has 2 fully saturated rings. The number of aromatic amines is 1. The van der Waals surface area contributed by atoms with Gasteiger partial charge in [0.05, 0.1) is 18.9 Å². The molecule has 3 N–H and O–H groups in total. The maximum Gasteiger partial charge on any atom is 0.253 e. The monoisotopic (exact) mass is 612 g/mol. The van der Waals surface area contributed by atoms with E-state index in [0.29, 0.717) is 23.2 Å². The lowest BCUT2D eigenvalue weighted by molar-refractivity contribution is 0.0336. The van der Waals surface area contributed by atoms with Crippen molar-refractivity contribution < 1.29 is 9.53 Å². The van der Waals surface area contributed by atoms with Gasteiger partial charge in [0.1, 0.15) is 0 Å². The van der Waals surface area contributed by atoms with E-state index in [2.05, 4.69) is 57.2 Å². The number of rotatable bonds is 10. The number of carbonyl (C=O) groups excluding carboxylic acids is 1. The van der Waals surface area contributed by atoms with E-state index in [1.54, 1.807) is 0 Å². The van der Waals surface area contributed by atoms with Crippen molar-refractivity contribution in [2.24, 2.45) is 0 Å². The molecule has 0 bridgehead atoms. The van der Waals surface area contributed by atoms with Crippen molar-refractivity contribution in [2.75, 3.05) is 38.3 Å². The molecule has 2 aromatic heterocycles. The second-order valence-electron chi connectivity index (χ2n) is 12.8. The van der Waals surface area contributed by atoms with Crippen LogP contribution in [0.1, 0.15) is 71.0 Å². The summed E-state index contributed by atoms with van der Waals surface area (Å²) in [4.78, 5) is 38.8. The highest BCUT2D eigenvalue weighted by atomic mass is 16.5. The summed E-state index contributed by atoms with van der Waals surface area (Å²) in [6, 6.07) is 11.1. The van der Waals surface area contributed by atoms with E-state index in [-0.39, 0.29) is 18.0 Å². The molecule has 0 unspecified atom stereocenters. The van der Waals surface area contributed by atoms with Crippen LogP contribution in [0.2, 0.25) is 0 Å². The van der Waals surface area contributed by atoms with Gasteiger partial charge in [-0.1, -0.05) is 12.6 Å². The predicted octanol–water partition coefficient (Wildman–Crippen LogP) is 4.99. The number of morpholine rings is 1. The molecule has 3 heterocycles. The molecule has 240 valence electrons. The van der Waals surface area contributed by atoms with Crippen LogP contribution in [0, 0.1) is 20.8 Å². The lowest BCUT2D eigenvalue weighted by Gasteiger charge is -2.37. The quantitative estimate of drug-likeness (QED) is 0.296. The number of hydrogen-bond acceptors (Lipinski definition) is 7. The van der Waals surface area contributed by atoms with Crippen molar-refractivity contribution in [3.05, 3.63) is 92.8 Å². The van der Waals surface area contributed by atoms with Crippen molar-refractivity contribution in [2.45, 2.75) is 78.6 Å². The fraction of sp³-hybridized carbons (Fsp3) is 0.472. The van der Waals surface area contributed by atoms with Gasteiger partial charge in [-0.2, -0.15) is 0 Å². The molecule has 1 aromatic carbocycles. The SMILES string of the molecule is C=C(C)NC1CCC(N(C)c2cc(-c3ccc(CN4CCOCC4)nc3)cc(C(=O)NCc3c(C)cc(C)[nH]c3=O)c2C)CC1. The number of nitrogens with zero attached hydrogens (tertiary/aromatic N) is 3. The Bertz CT molecular complexity index is 1570. The first kappa shape index (κ1) is 32.4. The Hall–Kier alpha value is -3.95. The minimum absolute atomic E-state index is 0.159. The van der Waals surface area contributed by atoms with Crippen molar-refractivity contribution in [3.8, 4) is 11.1 Å².